The van der Waals surface area contributed by atoms with Gasteiger partial charge in [0.05, 0.1) is 12.2 Å². The average molecular weight is 297 g/mol. The lowest BCUT2D eigenvalue weighted by Crippen LogP contribution is -2.50. The monoisotopic (exact) mass is 297 g/mol. The van der Waals surface area contributed by atoms with E-state index in [4.69, 9.17) is 0 Å². The van der Waals surface area contributed by atoms with E-state index in [2.05, 4.69) is 20.0 Å². The summed E-state index contributed by atoms with van der Waals surface area (Å²) < 4.78 is 1.64. The van der Waals surface area contributed by atoms with Crippen LogP contribution in [0.4, 0.5) is 5.82 Å². The SMILES string of the molecule is Cc1nccc(N2CC(Cn3nc(C4CC4)ccc3=O)C2)n1. The van der Waals surface area contributed by atoms with Crippen molar-refractivity contribution in [3.05, 3.63) is 46.3 Å². The summed E-state index contributed by atoms with van der Waals surface area (Å²) in [5.74, 6) is 2.79. The van der Waals surface area contributed by atoms with Crippen LogP contribution in [-0.4, -0.2) is 32.8 Å². The lowest BCUT2D eigenvalue weighted by molar-refractivity contribution is 0.331. The summed E-state index contributed by atoms with van der Waals surface area (Å²) in [4.78, 5) is 22.7. The van der Waals surface area contributed by atoms with Crippen molar-refractivity contribution in [3.8, 4) is 0 Å². The molecule has 114 valence electrons. The van der Waals surface area contributed by atoms with Crippen molar-refractivity contribution in [1.82, 2.24) is 19.7 Å². The lowest BCUT2D eigenvalue weighted by atomic mass is 10.0. The van der Waals surface area contributed by atoms with E-state index in [1.807, 2.05) is 19.1 Å². The zero-order chi connectivity index (χ0) is 15.1. The van der Waals surface area contributed by atoms with Crippen molar-refractivity contribution in [3.63, 3.8) is 0 Å². The first-order chi connectivity index (χ1) is 10.7. The fraction of sp³-hybridized carbons (Fsp3) is 0.500. The Hall–Kier alpha value is -2.24. The number of aryl methyl sites for hydroxylation is 1. The Morgan fingerprint density at radius 3 is 2.77 bits per heavy atom. The van der Waals surface area contributed by atoms with Crippen LogP contribution >= 0.6 is 0 Å². The van der Waals surface area contributed by atoms with E-state index >= 15 is 0 Å². The van der Waals surface area contributed by atoms with Crippen LogP contribution < -0.4 is 10.5 Å². The molecular formula is C16H19N5O. The molecule has 6 nitrogen and oxygen atoms in total. The fourth-order valence-electron chi connectivity index (χ4n) is 2.93. The molecule has 1 aliphatic heterocycles. The highest BCUT2D eigenvalue weighted by molar-refractivity contribution is 5.40. The second-order valence-corrected chi connectivity index (χ2v) is 6.29. The lowest BCUT2D eigenvalue weighted by Gasteiger charge is -2.40. The van der Waals surface area contributed by atoms with Crippen LogP contribution in [0.5, 0.6) is 0 Å². The predicted molar refractivity (Wildman–Crippen MR) is 82.9 cm³/mol. The summed E-state index contributed by atoms with van der Waals surface area (Å²) in [7, 11) is 0. The molecule has 2 aromatic rings. The van der Waals surface area contributed by atoms with Crippen LogP contribution in [0, 0.1) is 12.8 Å². The Kier molecular flexibility index (Phi) is 3.17. The second-order valence-electron chi connectivity index (χ2n) is 6.29. The summed E-state index contributed by atoms with van der Waals surface area (Å²) in [6.07, 6.45) is 4.20. The minimum absolute atomic E-state index is 0.000676. The van der Waals surface area contributed by atoms with Crippen LogP contribution in [0.15, 0.2) is 29.2 Å². The maximum absolute atomic E-state index is 12.0. The molecule has 4 rings (SSSR count). The molecule has 0 N–H and O–H groups in total. The fourth-order valence-corrected chi connectivity index (χ4v) is 2.93. The molecule has 2 fully saturated rings. The van der Waals surface area contributed by atoms with Gasteiger partial charge < -0.3 is 4.90 Å². The zero-order valence-corrected chi connectivity index (χ0v) is 12.6. The average Bonchev–Trinajstić information content (AvgIpc) is 3.28. The number of aromatic nitrogens is 4. The minimum Gasteiger partial charge on any atom is -0.356 e. The Balaban J connectivity index is 1.42. The number of hydrogen-bond donors (Lipinski definition) is 0. The molecule has 1 saturated heterocycles. The smallest absolute Gasteiger partial charge is 0.266 e. The van der Waals surface area contributed by atoms with Gasteiger partial charge in [-0.2, -0.15) is 5.10 Å². The molecule has 0 bridgehead atoms. The Morgan fingerprint density at radius 2 is 2.05 bits per heavy atom. The number of anilines is 1. The van der Waals surface area contributed by atoms with Gasteiger partial charge in [0.25, 0.3) is 5.56 Å². The molecular weight excluding hydrogens is 278 g/mol. The van der Waals surface area contributed by atoms with Crippen molar-refractivity contribution in [2.24, 2.45) is 5.92 Å². The van der Waals surface area contributed by atoms with Crippen LogP contribution in [0.2, 0.25) is 0 Å². The highest BCUT2D eigenvalue weighted by Gasteiger charge is 2.30. The first-order valence-electron chi connectivity index (χ1n) is 7.82. The molecule has 0 aromatic carbocycles. The van der Waals surface area contributed by atoms with Crippen molar-refractivity contribution in [2.45, 2.75) is 32.2 Å². The molecule has 2 aliphatic rings. The minimum atomic E-state index is 0.000676. The van der Waals surface area contributed by atoms with Crippen molar-refractivity contribution in [1.29, 1.82) is 0 Å². The van der Waals surface area contributed by atoms with Crippen LogP contribution in [0.25, 0.3) is 0 Å². The summed E-state index contributed by atoms with van der Waals surface area (Å²) in [6.45, 7) is 4.42. The van der Waals surface area contributed by atoms with Gasteiger partial charge >= 0.3 is 0 Å². The maximum Gasteiger partial charge on any atom is 0.266 e. The van der Waals surface area contributed by atoms with E-state index < -0.39 is 0 Å². The molecule has 0 unspecified atom stereocenters. The standard InChI is InChI=1S/C16H19N5O/c1-11-17-7-6-15(18-11)20-8-12(9-20)10-21-16(22)5-4-14(19-21)13-2-3-13/h4-7,12-13H,2-3,8-10H2,1H3. The van der Waals surface area contributed by atoms with Crippen LogP contribution in [0.1, 0.15) is 30.3 Å². The topological polar surface area (TPSA) is 63.9 Å². The molecule has 0 amide bonds. The molecule has 0 atom stereocenters. The van der Waals surface area contributed by atoms with Crippen molar-refractivity contribution >= 4 is 5.82 Å². The van der Waals surface area contributed by atoms with Gasteiger partial charge in [-0.05, 0) is 31.9 Å². The molecule has 3 heterocycles. The van der Waals surface area contributed by atoms with E-state index in [-0.39, 0.29) is 5.56 Å². The normalized spacial score (nSPS) is 18.3. The highest BCUT2D eigenvalue weighted by Crippen LogP contribution is 2.38. The summed E-state index contributed by atoms with van der Waals surface area (Å²) in [5, 5.41) is 4.53. The van der Waals surface area contributed by atoms with Gasteiger partial charge in [-0.15, -0.1) is 0 Å². The van der Waals surface area contributed by atoms with Gasteiger partial charge in [-0.25, -0.2) is 14.6 Å². The Morgan fingerprint density at radius 1 is 1.23 bits per heavy atom. The number of nitrogens with zero attached hydrogens (tertiary/aromatic N) is 5. The molecule has 22 heavy (non-hydrogen) atoms. The molecule has 6 heteroatoms. The number of rotatable bonds is 4. The van der Waals surface area contributed by atoms with Gasteiger partial charge in [0.2, 0.25) is 0 Å². The van der Waals surface area contributed by atoms with E-state index in [0.29, 0.717) is 18.4 Å². The summed E-state index contributed by atoms with van der Waals surface area (Å²) in [5.41, 5.74) is 1.07. The number of hydrogen-bond acceptors (Lipinski definition) is 5. The van der Waals surface area contributed by atoms with E-state index in [1.54, 1.807) is 16.9 Å². The van der Waals surface area contributed by atoms with Gasteiger partial charge in [0.1, 0.15) is 11.6 Å². The molecule has 1 saturated carbocycles. The third-order valence-corrected chi connectivity index (χ3v) is 4.36. The zero-order valence-electron chi connectivity index (χ0n) is 12.6. The second kappa shape index (κ2) is 5.19. The van der Waals surface area contributed by atoms with Gasteiger partial charge in [-0.1, -0.05) is 0 Å². The Bertz CT molecular complexity index is 746. The third-order valence-electron chi connectivity index (χ3n) is 4.36. The molecule has 2 aromatic heterocycles. The summed E-state index contributed by atoms with van der Waals surface area (Å²) >= 11 is 0. The van der Waals surface area contributed by atoms with Crippen molar-refractivity contribution < 1.29 is 0 Å². The molecule has 0 radical (unpaired) electrons. The highest BCUT2D eigenvalue weighted by atomic mass is 16.1. The van der Waals surface area contributed by atoms with Gasteiger partial charge in [0.15, 0.2) is 0 Å². The van der Waals surface area contributed by atoms with E-state index in [0.717, 1.165) is 30.4 Å². The first kappa shape index (κ1) is 13.4. The maximum atomic E-state index is 12.0. The molecule has 1 aliphatic carbocycles. The van der Waals surface area contributed by atoms with Gasteiger partial charge in [-0.3, -0.25) is 4.79 Å². The van der Waals surface area contributed by atoms with Crippen LogP contribution in [-0.2, 0) is 6.54 Å². The largest absolute Gasteiger partial charge is 0.356 e. The van der Waals surface area contributed by atoms with Crippen molar-refractivity contribution in [2.75, 3.05) is 18.0 Å². The van der Waals surface area contributed by atoms with E-state index in [9.17, 15) is 4.79 Å². The van der Waals surface area contributed by atoms with E-state index in [1.165, 1.54) is 12.8 Å². The van der Waals surface area contributed by atoms with Crippen LogP contribution in [0.3, 0.4) is 0 Å². The summed E-state index contributed by atoms with van der Waals surface area (Å²) in [6, 6.07) is 5.47. The molecule has 0 spiro atoms. The third kappa shape index (κ3) is 2.61. The first-order valence-corrected chi connectivity index (χ1v) is 7.82. The predicted octanol–water partition coefficient (Wildman–Crippen LogP) is 1.36. The Labute approximate surface area is 128 Å². The quantitative estimate of drug-likeness (QED) is 0.852. The van der Waals surface area contributed by atoms with Gasteiger partial charge in [0, 0.05) is 37.2 Å².